The zero-order valence-corrected chi connectivity index (χ0v) is 14.4. The van der Waals surface area contributed by atoms with Crippen LogP contribution in [0.15, 0.2) is 42.5 Å². The number of hydrogen-bond acceptors (Lipinski definition) is 4. The maximum absolute atomic E-state index is 12.4. The molecular weight excluding hydrogens is 322 g/mol. The highest BCUT2D eigenvalue weighted by Gasteiger charge is 2.13. The summed E-state index contributed by atoms with van der Waals surface area (Å²) in [7, 11) is 1.45. The minimum Gasteiger partial charge on any atom is -0.495 e. The van der Waals surface area contributed by atoms with Crippen molar-refractivity contribution in [3.05, 3.63) is 53.6 Å². The molecule has 1 amide bonds. The third kappa shape index (κ3) is 4.73. The van der Waals surface area contributed by atoms with Crippen molar-refractivity contribution < 1.29 is 24.2 Å². The zero-order valence-electron chi connectivity index (χ0n) is 14.4. The number of anilines is 1. The first kappa shape index (κ1) is 18.3. The monoisotopic (exact) mass is 343 g/mol. The molecule has 6 heteroatoms. The fourth-order valence-corrected chi connectivity index (χ4v) is 2.13. The lowest BCUT2D eigenvalue weighted by molar-refractivity contribution is 0.0696. The molecule has 0 saturated heterocycles. The maximum atomic E-state index is 12.4. The number of rotatable bonds is 7. The topological polar surface area (TPSA) is 84.9 Å². The summed E-state index contributed by atoms with van der Waals surface area (Å²) in [4.78, 5) is 23.5. The fourth-order valence-electron chi connectivity index (χ4n) is 2.13. The average Bonchev–Trinajstić information content (AvgIpc) is 2.62. The van der Waals surface area contributed by atoms with Crippen LogP contribution in [0, 0.1) is 0 Å². The molecule has 0 bridgehead atoms. The van der Waals surface area contributed by atoms with E-state index >= 15 is 0 Å². The number of amides is 1. The second-order valence-corrected chi connectivity index (χ2v) is 5.54. The van der Waals surface area contributed by atoms with Gasteiger partial charge < -0.3 is 19.9 Å². The van der Waals surface area contributed by atoms with Crippen LogP contribution in [-0.4, -0.2) is 30.2 Å². The van der Waals surface area contributed by atoms with E-state index in [4.69, 9.17) is 14.6 Å². The van der Waals surface area contributed by atoms with Crippen molar-refractivity contribution in [3.8, 4) is 11.5 Å². The van der Waals surface area contributed by atoms with Crippen molar-refractivity contribution in [2.75, 3.05) is 12.4 Å². The minimum absolute atomic E-state index is 0.0633. The molecule has 0 heterocycles. The van der Waals surface area contributed by atoms with Gasteiger partial charge in [-0.1, -0.05) is 6.92 Å². The van der Waals surface area contributed by atoms with Gasteiger partial charge in [-0.25, -0.2) is 4.79 Å². The molecule has 2 aromatic rings. The Kier molecular flexibility index (Phi) is 6.00. The van der Waals surface area contributed by atoms with Crippen LogP contribution < -0.4 is 14.8 Å². The van der Waals surface area contributed by atoms with Crippen LogP contribution >= 0.6 is 0 Å². The number of ether oxygens (including phenoxy) is 2. The Hall–Kier alpha value is -3.02. The van der Waals surface area contributed by atoms with E-state index in [0.29, 0.717) is 22.7 Å². The molecule has 0 aliphatic carbocycles. The largest absolute Gasteiger partial charge is 0.495 e. The molecule has 2 rings (SSSR count). The summed E-state index contributed by atoms with van der Waals surface area (Å²) in [6.07, 6.45) is 0.991. The average molecular weight is 343 g/mol. The van der Waals surface area contributed by atoms with E-state index in [2.05, 4.69) is 5.32 Å². The number of carbonyl (C=O) groups excluding carboxylic acids is 1. The maximum Gasteiger partial charge on any atom is 0.335 e. The van der Waals surface area contributed by atoms with E-state index in [-0.39, 0.29) is 17.6 Å². The second-order valence-electron chi connectivity index (χ2n) is 5.54. The normalized spacial score (nSPS) is 11.5. The van der Waals surface area contributed by atoms with Gasteiger partial charge in [0.15, 0.2) is 0 Å². The minimum atomic E-state index is -1.08. The van der Waals surface area contributed by atoms with Gasteiger partial charge in [0.2, 0.25) is 0 Å². The predicted molar refractivity (Wildman–Crippen MR) is 94.7 cm³/mol. The van der Waals surface area contributed by atoms with Gasteiger partial charge in [0, 0.05) is 5.56 Å². The third-order valence-corrected chi connectivity index (χ3v) is 3.72. The van der Waals surface area contributed by atoms with E-state index < -0.39 is 5.97 Å². The molecule has 0 radical (unpaired) electrons. The summed E-state index contributed by atoms with van der Waals surface area (Å²) in [5.41, 5.74) is 0.792. The summed E-state index contributed by atoms with van der Waals surface area (Å²) < 4.78 is 10.8. The highest BCUT2D eigenvalue weighted by Crippen LogP contribution is 2.26. The van der Waals surface area contributed by atoms with Crippen LogP contribution in [0.3, 0.4) is 0 Å². The summed E-state index contributed by atoms with van der Waals surface area (Å²) in [5.74, 6) is -0.368. The van der Waals surface area contributed by atoms with Gasteiger partial charge in [-0.15, -0.1) is 0 Å². The number of carboxylic acids is 1. The Morgan fingerprint density at radius 1 is 1.12 bits per heavy atom. The van der Waals surface area contributed by atoms with E-state index in [1.165, 1.54) is 25.3 Å². The second kappa shape index (κ2) is 8.19. The van der Waals surface area contributed by atoms with Crippen molar-refractivity contribution in [3.63, 3.8) is 0 Å². The Bertz CT molecular complexity index is 755. The number of nitrogens with one attached hydrogen (secondary N) is 1. The van der Waals surface area contributed by atoms with Crippen molar-refractivity contribution in [1.82, 2.24) is 0 Å². The number of benzene rings is 2. The molecule has 2 N–H and O–H groups in total. The Morgan fingerprint density at radius 3 is 2.32 bits per heavy atom. The SMILES string of the molecule is CCC(C)Oc1ccc(C(=O)Nc2cc(C(=O)O)ccc2OC)cc1. The van der Waals surface area contributed by atoms with E-state index in [1.54, 1.807) is 24.3 Å². The molecule has 0 saturated carbocycles. The number of methoxy groups -OCH3 is 1. The molecule has 0 aromatic heterocycles. The molecule has 2 aromatic carbocycles. The van der Waals surface area contributed by atoms with Crippen molar-refractivity contribution in [1.29, 1.82) is 0 Å². The highest BCUT2D eigenvalue weighted by molar-refractivity contribution is 6.05. The summed E-state index contributed by atoms with van der Waals surface area (Å²) in [6, 6.07) is 11.0. The van der Waals surface area contributed by atoms with Crippen LogP contribution in [0.5, 0.6) is 11.5 Å². The summed E-state index contributed by atoms with van der Waals surface area (Å²) in [6.45, 7) is 4.01. The van der Waals surface area contributed by atoms with Crippen LogP contribution in [0.4, 0.5) is 5.69 Å². The van der Waals surface area contributed by atoms with Crippen molar-refractivity contribution >= 4 is 17.6 Å². The van der Waals surface area contributed by atoms with Crippen LogP contribution in [0.2, 0.25) is 0 Å². The molecule has 6 nitrogen and oxygen atoms in total. The molecule has 132 valence electrons. The number of carboxylic acid groups (broad SMARTS) is 1. The van der Waals surface area contributed by atoms with Crippen molar-refractivity contribution in [2.24, 2.45) is 0 Å². The first-order valence-electron chi connectivity index (χ1n) is 7.94. The van der Waals surface area contributed by atoms with Gasteiger partial charge in [-0.3, -0.25) is 4.79 Å². The first-order valence-corrected chi connectivity index (χ1v) is 7.94. The third-order valence-electron chi connectivity index (χ3n) is 3.72. The molecule has 0 spiro atoms. The van der Waals surface area contributed by atoms with Crippen LogP contribution in [0.25, 0.3) is 0 Å². The van der Waals surface area contributed by atoms with Gasteiger partial charge in [0.05, 0.1) is 24.5 Å². The van der Waals surface area contributed by atoms with Crippen LogP contribution in [0.1, 0.15) is 41.0 Å². The lowest BCUT2D eigenvalue weighted by Gasteiger charge is -2.13. The van der Waals surface area contributed by atoms with E-state index in [1.807, 2.05) is 13.8 Å². The van der Waals surface area contributed by atoms with Crippen LogP contribution in [-0.2, 0) is 0 Å². The molecular formula is C19H21NO5. The molecule has 0 aliphatic heterocycles. The molecule has 0 aliphatic rings. The Morgan fingerprint density at radius 2 is 1.76 bits per heavy atom. The van der Waals surface area contributed by atoms with E-state index in [9.17, 15) is 9.59 Å². The molecule has 1 atom stereocenters. The summed E-state index contributed by atoms with van der Waals surface area (Å²) in [5, 5.41) is 11.8. The zero-order chi connectivity index (χ0) is 18.4. The quantitative estimate of drug-likeness (QED) is 0.798. The standard InChI is InChI=1S/C19H21NO5/c1-4-12(2)25-15-8-5-13(6-9-15)18(21)20-16-11-14(19(22)23)7-10-17(16)24-3/h5-12H,4H2,1-3H3,(H,20,21)(H,22,23). The fraction of sp³-hybridized carbons (Fsp3) is 0.263. The van der Waals surface area contributed by atoms with Gasteiger partial charge in [-0.05, 0) is 55.8 Å². The predicted octanol–water partition coefficient (Wildman–Crippen LogP) is 3.82. The van der Waals surface area contributed by atoms with Gasteiger partial charge >= 0.3 is 5.97 Å². The number of hydrogen-bond donors (Lipinski definition) is 2. The Balaban J connectivity index is 2.16. The lowest BCUT2D eigenvalue weighted by Crippen LogP contribution is -2.14. The smallest absolute Gasteiger partial charge is 0.335 e. The highest BCUT2D eigenvalue weighted by atomic mass is 16.5. The van der Waals surface area contributed by atoms with E-state index in [0.717, 1.165) is 6.42 Å². The summed E-state index contributed by atoms with van der Waals surface area (Å²) >= 11 is 0. The molecule has 25 heavy (non-hydrogen) atoms. The molecule has 0 fully saturated rings. The number of carbonyl (C=O) groups is 2. The van der Waals surface area contributed by atoms with Gasteiger partial charge in [0.1, 0.15) is 11.5 Å². The number of aromatic carboxylic acids is 1. The van der Waals surface area contributed by atoms with Gasteiger partial charge in [-0.2, -0.15) is 0 Å². The lowest BCUT2D eigenvalue weighted by atomic mass is 10.1. The molecule has 1 unspecified atom stereocenters. The van der Waals surface area contributed by atoms with Gasteiger partial charge in [0.25, 0.3) is 5.91 Å². The van der Waals surface area contributed by atoms with Crippen molar-refractivity contribution in [2.45, 2.75) is 26.4 Å². The first-order chi connectivity index (χ1) is 11.9. The Labute approximate surface area is 146 Å².